The van der Waals surface area contributed by atoms with Crippen molar-refractivity contribution < 1.29 is 14.3 Å². The van der Waals surface area contributed by atoms with Crippen LogP contribution in [0.3, 0.4) is 0 Å². The number of hydrogen-bond donors (Lipinski definition) is 1. The van der Waals surface area contributed by atoms with Crippen LogP contribution >= 0.6 is 0 Å². The molecule has 1 fully saturated rings. The zero-order chi connectivity index (χ0) is 17.8. The highest BCUT2D eigenvalue weighted by atomic mass is 16.5. The quantitative estimate of drug-likeness (QED) is 0.849. The Balaban J connectivity index is 1.57. The van der Waals surface area contributed by atoms with Gasteiger partial charge in [0.05, 0.1) is 7.11 Å². The smallest absolute Gasteiger partial charge is 0.270 e. The molecular weight excluding hydrogens is 316 g/mol. The van der Waals surface area contributed by atoms with Crippen LogP contribution in [0.2, 0.25) is 0 Å². The first-order valence-corrected chi connectivity index (χ1v) is 8.69. The van der Waals surface area contributed by atoms with Crippen molar-refractivity contribution in [1.29, 1.82) is 0 Å². The maximum Gasteiger partial charge on any atom is 0.270 e. The molecule has 0 bridgehead atoms. The Morgan fingerprint density at radius 3 is 2.60 bits per heavy atom. The molecule has 2 aromatic rings. The summed E-state index contributed by atoms with van der Waals surface area (Å²) >= 11 is 0. The second kappa shape index (κ2) is 7.55. The van der Waals surface area contributed by atoms with Gasteiger partial charge in [0.2, 0.25) is 0 Å². The van der Waals surface area contributed by atoms with Gasteiger partial charge in [-0.15, -0.1) is 0 Å². The zero-order valence-corrected chi connectivity index (χ0v) is 14.7. The fourth-order valence-corrected chi connectivity index (χ4v) is 3.41. The van der Waals surface area contributed by atoms with E-state index in [0.717, 1.165) is 38.1 Å². The van der Waals surface area contributed by atoms with Gasteiger partial charge >= 0.3 is 0 Å². The van der Waals surface area contributed by atoms with Crippen LogP contribution in [0.5, 0.6) is 5.75 Å². The minimum atomic E-state index is -0.0363. The zero-order valence-electron chi connectivity index (χ0n) is 14.7. The Morgan fingerprint density at radius 2 is 1.96 bits per heavy atom. The summed E-state index contributed by atoms with van der Waals surface area (Å²) in [5, 5.41) is 0. The number of aromatic nitrogens is 1. The van der Waals surface area contributed by atoms with Crippen LogP contribution in [0.1, 0.15) is 46.2 Å². The molecule has 1 amide bonds. The van der Waals surface area contributed by atoms with Gasteiger partial charge in [-0.25, -0.2) is 0 Å². The number of para-hydroxylation sites is 1. The number of nitrogens with zero attached hydrogens (tertiary/aromatic N) is 1. The molecule has 0 spiro atoms. The van der Waals surface area contributed by atoms with Crippen molar-refractivity contribution in [2.75, 3.05) is 20.2 Å². The monoisotopic (exact) mass is 340 g/mol. The van der Waals surface area contributed by atoms with Gasteiger partial charge in [0.25, 0.3) is 5.91 Å². The van der Waals surface area contributed by atoms with Crippen LogP contribution in [0.4, 0.5) is 0 Å². The number of methoxy groups -OCH3 is 1. The molecule has 1 N–H and O–H groups in total. The highest BCUT2D eigenvalue weighted by Gasteiger charge is 2.25. The van der Waals surface area contributed by atoms with E-state index in [0.29, 0.717) is 17.2 Å². The molecule has 1 aromatic carbocycles. The molecular formula is C20H24N2O3. The fourth-order valence-electron chi connectivity index (χ4n) is 3.41. The number of rotatable bonds is 5. The number of likely N-dealkylation sites (tertiary alicyclic amines) is 1. The highest BCUT2D eigenvalue weighted by Crippen LogP contribution is 2.27. The maximum atomic E-state index is 12.6. The van der Waals surface area contributed by atoms with Crippen LogP contribution in [-0.4, -0.2) is 41.8 Å². The Labute approximate surface area is 148 Å². The van der Waals surface area contributed by atoms with Gasteiger partial charge in [-0.1, -0.05) is 18.2 Å². The largest absolute Gasteiger partial charge is 0.496 e. The van der Waals surface area contributed by atoms with Crippen molar-refractivity contribution in [3.63, 3.8) is 0 Å². The van der Waals surface area contributed by atoms with Gasteiger partial charge in [-0.2, -0.15) is 0 Å². The number of benzene rings is 1. The summed E-state index contributed by atoms with van der Waals surface area (Å²) in [5.41, 5.74) is 2.27. The van der Waals surface area contributed by atoms with Crippen molar-refractivity contribution in [3.8, 4) is 5.75 Å². The molecule has 5 nitrogen and oxygen atoms in total. The average Bonchev–Trinajstić information content (AvgIpc) is 3.13. The van der Waals surface area contributed by atoms with Gasteiger partial charge in [-0.05, 0) is 49.8 Å². The average molecular weight is 340 g/mol. The van der Waals surface area contributed by atoms with Gasteiger partial charge in [-0.3, -0.25) is 9.59 Å². The van der Waals surface area contributed by atoms with Crippen molar-refractivity contribution >= 4 is 11.7 Å². The Morgan fingerprint density at radius 1 is 1.24 bits per heavy atom. The number of carbonyl (C=O) groups is 2. The third-order valence-electron chi connectivity index (χ3n) is 4.92. The minimum Gasteiger partial charge on any atom is -0.496 e. The number of hydrogen-bond acceptors (Lipinski definition) is 3. The van der Waals surface area contributed by atoms with Crippen LogP contribution in [-0.2, 0) is 6.42 Å². The summed E-state index contributed by atoms with van der Waals surface area (Å²) in [6.45, 7) is 2.99. The molecule has 1 aromatic heterocycles. The van der Waals surface area contributed by atoms with E-state index in [4.69, 9.17) is 4.74 Å². The summed E-state index contributed by atoms with van der Waals surface area (Å²) in [6.07, 6.45) is 4.53. The van der Waals surface area contributed by atoms with Crippen molar-refractivity contribution in [2.45, 2.75) is 26.2 Å². The topological polar surface area (TPSA) is 62.4 Å². The molecule has 2 heterocycles. The number of H-pyrrole nitrogens is 1. The first-order valence-electron chi connectivity index (χ1n) is 8.69. The maximum absolute atomic E-state index is 12.6. The first kappa shape index (κ1) is 17.3. The van der Waals surface area contributed by atoms with E-state index in [-0.39, 0.29) is 11.7 Å². The molecule has 3 rings (SSSR count). The van der Waals surface area contributed by atoms with Crippen molar-refractivity contribution in [3.05, 3.63) is 53.3 Å². The number of aromatic amines is 1. The summed E-state index contributed by atoms with van der Waals surface area (Å²) in [4.78, 5) is 28.7. The molecule has 1 aliphatic rings. The van der Waals surface area contributed by atoms with E-state index in [2.05, 4.69) is 11.1 Å². The van der Waals surface area contributed by atoms with E-state index in [1.165, 1.54) is 12.5 Å². The van der Waals surface area contributed by atoms with Crippen molar-refractivity contribution in [1.82, 2.24) is 9.88 Å². The lowest BCUT2D eigenvalue weighted by Crippen LogP contribution is -2.39. The van der Waals surface area contributed by atoms with Gasteiger partial charge in [0.1, 0.15) is 11.4 Å². The normalized spacial score (nSPS) is 15.2. The van der Waals surface area contributed by atoms with Crippen LogP contribution in [0.25, 0.3) is 0 Å². The third kappa shape index (κ3) is 3.92. The molecule has 0 radical (unpaired) electrons. The number of ketones is 1. The van der Waals surface area contributed by atoms with Crippen LogP contribution < -0.4 is 4.74 Å². The lowest BCUT2D eigenvalue weighted by Gasteiger charge is -2.32. The molecule has 1 aliphatic heterocycles. The molecule has 25 heavy (non-hydrogen) atoms. The molecule has 0 atom stereocenters. The van der Waals surface area contributed by atoms with Gasteiger partial charge in [0.15, 0.2) is 5.78 Å². The third-order valence-corrected chi connectivity index (χ3v) is 4.92. The lowest BCUT2D eigenvalue weighted by molar-refractivity contribution is 0.0685. The minimum absolute atomic E-state index is 0.0248. The molecule has 5 heteroatoms. The predicted molar refractivity (Wildman–Crippen MR) is 96.1 cm³/mol. The number of piperidine rings is 1. The Kier molecular flexibility index (Phi) is 5.22. The first-order chi connectivity index (χ1) is 12.1. The molecule has 1 saturated heterocycles. The van der Waals surface area contributed by atoms with Gasteiger partial charge < -0.3 is 14.6 Å². The Bertz CT molecular complexity index is 758. The number of ether oxygens (including phenoxy) is 1. The van der Waals surface area contributed by atoms with E-state index >= 15 is 0 Å². The van der Waals surface area contributed by atoms with E-state index in [1.54, 1.807) is 19.4 Å². The second-order valence-electron chi connectivity index (χ2n) is 6.61. The number of Topliss-reactive ketones (excluding diaryl/α,β-unsaturated/α-hetero) is 1. The molecule has 0 saturated carbocycles. The van der Waals surface area contributed by atoms with E-state index < -0.39 is 0 Å². The van der Waals surface area contributed by atoms with Crippen molar-refractivity contribution in [2.24, 2.45) is 5.92 Å². The second-order valence-corrected chi connectivity index (χ2v) is 6.61. The number of carbonyl (C=O) groups excluding carboxylic acids is 2. The van der Waals surface area contributed by atoms with Crippen LogP contribution in [0, 0.1) is 5.92 Å². The van der Waals surface area contributed by atoms with Gasteiger partial charge in [0, 0.05) is 24.8 Å². The predicted octanol–water partition coefficient (Wildman–Crippen LogP) is 3.32. The fraction of sp³-hybridized carbons (Fsp3) is 0.400. The molecule has 132 valence electrons. The molecule has 0 aliphatic carbocycles. The number of nitrogens with one attached hydrogen (secondary N) is 1. The summed E-state index contributed by atoms with van der Waals surface area (Å²) < 4.78 is 5.43. The highest BCUT2D eigenvalue weighted by molar-refractivity contribution is 5.99. The summed E-state index contributed by atoms with van der Waals surface area (Å²) in [7, 11) is 1.70. The summed E-state index contributed by atoms with van der Waals surface area (Å²) in [5.74, 6) is 1.43. The van der Waals surface area contributed by atoms with Crippen LogP contribution in [0.15, 0.2) is 36.5 Å². The SMILES string of the molecule is COc1ccccc1CC1CCN(C(=O)c2cc(C(C)=O)c[nH]2)CC1. The Hall–Kier alpha value is -2.56. The number of amides is 1. The summed E-state index contributed by atoms with van der Waals surface area (Å²) in [6, 6.07) is 9.76. The lowest BCUT2D eigenvalue weighted by atomic mass is 9.89. The van der Waals surface area contributed by atoms with E-state index in [1.807, 2.05) is 23.1 Å². The molecule has 0 unspecified atom stereocenters. The van der Waals surface area contributed by atoms with E-state index in [9.17, 15) is 9.59 Å². The standard InChI is InChI=1S/C20H24N2O3/c1-14(23)17-12-18(21-13-17)20(24)22-9-7-15(8-10-22)11-16-5-3-4-6-19(16)25-2/h3-6,12-13,15,21H,7-11H2,1-2H3.